The molecule has 2 nitrogen and oxygen atoms in total. The van der Waals surface area contributed by atoms with Crippen LogP contribution in [0.3, 0.4) is 0 Å². The van der Waals surface area contributed by atoms with E-state index < -0.39 is 0 Å². The Labute approximate surface area is 110 Å². The lowest BCUT2D eigenvalue weighted by Crippen LogP contribution is -2.14. The molecule has 1 aliphatic carbocycles. The highest BCUT2D eigenvalue weighted by Gasteiger charge is 2.21. The maximum absolute atomic E-state index is 10.7. The molecule has 0 fully saturated rings. The van der Waals surface area contributed by atoms with Gasteiger partial charge in [0, 0.05) is 11.4 Å². The van der Waals surface area contributed by atoms with Gasteiger partial charge in [0.25, 0.3) is 0 Å². The van der Waals surface area contributed by atoms with Crippen LogP contribution in [-0.2, 0) is 6.42 Å². The third-order valence-corrected chi connectivity index (χ3v) is 4.14. The van der Waals surface area contributed by atoms with Crippen LogP contribution in [0.1, 0.15) is 39.7 Å². The molecule has 0 amide bonds. The Morgan fingerprint density at radius 3 is 3.06 bits per heavy atom. The van der Waals surface area contributed by atoms with Crippen molar-refractivity contribution in [3.63, 3.8) is 0 Å². The number of rotatable bonds is 3. The Hall–Kier alpha value is -1.61. The van der Waals surface area contributed by atoms with Gasteiger partial charge in [-0.25, -0.2) is 0 Å². The summed E-state index contributed by atoms with van der Waals surface area (Å²) in [7, 11) is 0. The zero-order chi connectivity index (χ0) is 12.4. The van der Waals surface area contributed by atoms with Crippen LogP contribution in [0.4, 0.5) is 0 Å². The molecule has 1 aromatic carbocycles. The summed E-state index contributed by atoms with van der Waals surface area (Å²) in [5.74, 6) is 0.809. The zero-order valence-corrected chi connectivity index (χ0v) is 10.8. The fourth-order valence-corrected chi connectivity index (χ4v) is 3.07. The number of benzene rings is 1. The molecular weight excluding hydrogens is 244 g/mol. The smallest absolute Gasteiger partial charge is 0.160 e. The Kier molecular flexibility index (Phi) is 3.15. The topological polar surface area (TPSA) is 26.3 Å². The molecule has 0 radical (unpaired) electrons. The van der Waals surface area contributed by atoms with Crippen molar-refractivity contribution in [3.05, 3.63) is 51.7 Å². The molecule has 0 bridgehead atoms. The molecule has 0 aliphatic heterocycles. The highest BCUT2D eigenvalue weighted by molar-refractivity contribution is 7.11. The van der Waals surface area contributed by atoms with Crippen LogP contribution in [0.25, 0.3) is 0 Å². The van der Waals surface area contributed by atoms with Crippen LogP contribution in [0.15, 0.2) is 35.7 Å². The number of hydrogen-bond acceptors (Lipinski definition) is 3. The first kappa shape index (κ1) is 11.5. The van der Waals surface area contributed by atoms with Crippen molar-refractivity contribution in [1.82, 2.24) is 0 Å². The largest absolute Gasteiger partial charge is 0.485 e. The van der Waals surface area contributed by atoms with Crippen LogP contribution in [0.5, 0.6) is 5.75 Å². The lowest BCUT2D eigenvalue weighted by molar-refractivity contribution is 0.112. The summed E-state index contributed by atoms with van der Waals surface area (Å²) < 4.78 is 6.02. The van der Waals surface area contributed by atoms with Crippen molar-refractivity contribution < 1.29 is 9.53 Å². The first-order valence-electron chi connectivity index (χ1n) is 6.15. The molecular formula is C15H14O2S. The average Bonchev–Trinajstić information content (AvgIpc) is 2.87. The number of thiophene rings is 1. The van der Waals surface area contributed by atoms with Gasteiger partial charge in [-0.3, -0.25) is 4.79 Å². The van der Waals surface area contributed by atoms with Gasteiger partial charge in [0.2, 0.25) is 0 Å². The molecule has 3 heteroatoms. The van der Waals surface area contributed by atoms with E-state index >= 15 is 0 Å². The second-order valence-electron chi connectivity index (χ2n) is 4.50. The summed E-state index contributed by atoms with van der Waals surface area (Å²) in [6, 6.07) is 10.3. The fourth-order valence-electron chi connectivity index (χ4n) is 2.45. The first-order chi connectivity index (χ1) is 8.86. The van der Waals surface area contributed by atoms with E-state index in [-0.39, 0.29) is 6.10 Å². The molecule has 92 valence electrons. The van der Waals surface area contributed by atoms with E-state index in [1.165, 1.54) is 22.5 Å². The van der Waals surface area contributed by atoms with E-state index in [2.05, 4.69) is 24.3 Å². The molecule has 1 heterocycles. The standard InChI is InChI=1S/C15H14O2S/c16-9-13-8-12(10-18-13)17-15-7-3-5-11-4-1-2-6-14(11)15/h1-2,4,6,8-10,15H,3,5,7H2. The number of fused-ring (bicyclic) bond motifs is 1. The van der Waals surface area contributed by atoms with Crippen LogP contribution in [0.2, 0.25) is 0 Å². The third kappa shape index (κ3) is 2.18. The van der Waals surface area contributed by atoms with Crippen LogP contribution >= 0.6 is 11.3 Å². The molecule has 0 saturated heterocycles. The third-order valence-electron chi connectivity index (χ3n) is 3.30. The Morgan fingerprint density at radius 2 is 2.22 bits per heavy atom. The molecule has 1 unspecified atom stereocenters. The van der Waals surface area contributed by atoms with E-state index in [0.717, 1.165) is 31.3 Å². The predicted octanol–water partition coefficient (Wildman–Crippen LogP) is 4.02. The van der Waals surface area contributed by atoms with Crippen molar-refractivity contribution in [1.29, 1.82) is 0 Å². The summed E-state index contributed by atoms with van der Waals surface area (Å²) in [6.45, 7) is 0. The lowest BCUT2D eigenvalue weighted by Gasteiger charge is -2.25. The summed E-state index contributed by atoms with van der Waals surface area (Å²) in [4.78, 5) is 11.4. The Bertz CT molecular complexity index is 559. The second-order valence-corrected chi connectivity index (χ2v) is 5.44. The minimum atomic E-state index is 0.129. The van der Waals surface area contributed by atoms with Gasteiger partial charge in [-0.15, -0.1) is 11.3 Å². The number of ether oxygens (including phenoxy) is 1. The van der Waals surface area contributed by atoms with Gasteiger partial charge < -0.3 is 4.74 Å². The van der Waals surface area contributed by atoms with Gasteiger partial charge in [-0.1, -0.05) is 24.3 Å². The van der Waals surface area contributed by atoms with Crippen molar-refractivity contribution in [3.8, 4) is 5.75 Å². The number of hydrogen-bond donors (Lipinski definition) is 0. The van der Waals surface area contributed by atoms with Crippen LogP contribution < -0.4 is 4.74 Å². The van der Waals surface area contributed by atoms with Crippen molar-refractivity contribution in [2.24, 2.45) is 0 Å². The Balaban J connectivity index is 1.83. The number of aldehydes is 1. The molecule has 0 N–H and O–H groups in total. The van der Waals surface area contributed by atoms with E-state index in [9.17, 15) is 4.79 Å². The maximum Gasteiger partial charge on any atom is 0.160 e. The monoisotopic (exact) mass is 258 g/mol. The molecule has 1 aliphatic rings. The van der Waals surface area contributed by atoms with Crippen molar-refractivity contribution in [2.75, 3.05) is 0 Å². The van der Waals surface area contributed by atoms with E-state index in [1.807, 2.05) is 11.4 Å². The molecule has 0 spiro atoms. The summed E-state index contributed by atoms with van der Waals surface area (Å²) >= 11 is 1.43. The van der Waals surface area contributed by atoms with Crippen molar-refractivity contribution in [2.45, 2.75) is 25.4 Å². The molecule has 1 aromatic heterocycles. The first-order valence-corrected chi connectivity index (χ1v) is 7.03. The van der Waals surface area contributed by atoms with Gasteiger partial charge in [0.1, 0.15) is 11.9 Å². The molecule has 3 rings (SSSR count). The van der Waals surface area contributed by atoms with Crippen LogP contribution in [-0.4, -0.2) is 6.29 Å². The average molecular weight is 258 g/mol. The van der Waals surface area contributed by atoms with E-state index in [1.54, 1.807) is 0 Å². The number of aryl methyl sites for hydroxylation is 1. The summed E-state index contributed by atoms with van der Waals surface area (Å²) in [5.41, 5.74) is 2.68. The van der Waals surface area contributed by atoms with Crippen molar-refractivity contribution >= 4 is 17.6 Å². The van der Waals surface area contributed by atoms with E-state index in [0.29, 0.717) is 4.88 Å². The molecule has 2 aromatic rings. The molecule has 18 heavy (non-hydrogen) atoms. The zero-order valence-electron chi connectivity index (χ0n) is 9.96. The minimum Gasteiger partial charge on any atom is -0.485 e. The maximum atomic E-state index is 10.7. The van der Waals surface area contributed by atoms with E-state index in [4.69, 9.17) is 4.74 Å². The quantitative estimate of drug-likeness (QED) is 0.777. The predicted molar refractivity (Wildman–Crippen MR) is 72.5 cm³/mol. The second kappa shape index (κ2) is 4.94. The normalized spacial score (nSPS) is 18.1. The fraction of sp³-hybridized carbons (Fsp3) is 0.267. The van der Waals surface area contributed by atoms with Gasteiger partial charge in [-0.2, -0.15) is 0 Å². The van der Waals surface area contributed by atoms with Gasteiger partial charge in [0.05, 0.1) is 4.88 Å². The van der Waals surface area contributed by atoms with Gasteiger partial charge in [0.15, 0.2) is 6.29 Å². The van der Waals surface area contributed by atoms with Crippen LogP contribution in [0, 0.1) is 0 Å². The minimum absolute atomic E-state index is 0.129. The summed E-state index contributed by atoms with van der Waals surface area (Å²) in [6.07, 6.45) is 4.34. The molecule has 0 saturated carbocycles. The summed E-state index contributed by atoms with van der Waals surface area (Å²) in [5, 5.41) is 1.90. The molecule has 1 atom stereocenters. The van der Waals surface area contributed by atoms with Gasteiger partial charge >= 0.3 is 0 Å². The highest BCUT2D eigenvalue weighted by Crippen LogP contribution is 2.34. The number of carbonyl (C=O) groups excluding carboxylic acids is 1. The number of carbonyl (C=O) groups is 1. The lowest BCUT2D eigenvalue weighted by atomic mass is 9.89. The SMILES string of the molecule is O=Cc1cc(OC2CCCc3ccccc32)cs1. The highest BCUT2D eigenvalue weighted by atomic mass is 32.1. The Morgan fingerprint density at radius 1 is 1.33 bits per heavy atom. The van der Waals surface area contributed by atoms with Gasteiger partial charge in [-0.05, 0) is 30.4 Å².